The van der Waals surface area contributed by atoms with Gasteiger partial charge in [0.2, 0.25) is 11.8 Å². The molecule has 2 unspecified atom stereocenters. The number of anilines is 2. The van der Waals surface area contributed by atoms with Crippen LogP contribution in [0.5, 0.6) is 0 Å². The summed E-state index contributed by atoms with van der Waals surface area (Å²) in [5, 5.41) is 13.0. The third-order valence-electron chi connectivity index (χ3n) is 4.59. The number of hydrogen-bond acceptors (Lipinski definition) is 5. The van der Waals surface area contributed by atoms with E-state index in [0.29, 0.717) is 18.0 Å². The van der Waals surface area contributed by atoms with Gasteiger partial charge in [0.25, 0.3) is 0 Å². The highest BCUT2D eigenvalue weighted by molar-refractivity contribution is 5.94. The fraction of sp³-hybridized carbons (Fsp3) is 0.444. The monoisotopic (exact) mass is 428 g/mol. The van der Waals surface area contributed by atoms with Crippen LogP contribution in [0.2, 0.25) is 0 Å². The molecule has 2 aromatic rings. The predicted molar refractivity (Wildman–Crippen MR) is 113 cm³/mol. The lowest BCUT2D eigenvalue weighted by Gasteiger charge is -2.13. The minimum atomic E-state index is -0.457. The van der Waals surface area contributed by atoms with Crippen molar-refractivity contribution in [2.45, 2.75) is 32.2 Å². The average molecular weight is 429 g/mol. The molecular formula is C18H26Cl2N6O2. The molecule has 28 heavy (non-hydrogen) atoms. The minimum absolute atomic E-state index is 0. The van der Waals surface area contributed by atoms with Crippen molar-refractivity contribution in [3.63, 3.8) is 0 Å². The van der Waals surface area contributed by atoms with Crippen molar-refractivity contribution in [3.05, 3.63) is 36.9 Å². The molecule has 3 N–H and O–H groups in total. The first kappa shape index (κ1) is 23.9. The zero-order chi connectivity index (χ0) is 18.4. The van der Waals surface area contributed by atoms with E-state index in [9.17, 15) is 9.59 Å². The molecular weight excluding hydrogens is 403 g/mol. The van der Waals surface area contributed by atoms with Gasteiger partial charge in [-0.3, -0.25) is 9.59 Å². The second-order valence-corrected chi connectivity index (χ2v) is 6.56. The Balaban J connectivity index is 0.00000196. The number of carbonyl (C=O) groups is 2. The van der Waals surface area contributed by atoms with Crippen LogP contribution in [0.1, 0.15) is 32.2 Å². The summed E-state index contributed by atoms with van der Waals surface area (Å²) in [6.45, 7) is 3.81. The lowest BCUT2D eigenvalue weighted by atomic mass is 10.0. The van der Waals surface area contributed by atoms with E-state index in [0.717, 1.165) is 31.6 Å². The van der Waals surface area contributed by atoms with Gasteiger partial charge in [-0.05, 0) is 63.0 Å². The molecule has 3 rings (SSSR count). The molecule has 0 aliphatic carbocycles. The molecule has 1 saturated heterocycles. The number of rotatable bonds is 7. The van der Waals surface area contributed by atoms with Crippen molar-refractivity contribution in [1.82, 2.24) is 20.1 Å². The Kier molecular flexibility index (Phi) is 9.92. The zero-order valence-electron chi connectivity index (χ0n) is 15.6. The van der Waals surface area contributed by atoms with Crippen LogP contribution < -0.4 is 16.0 Å². The molecule has 154 valence electrons. The van der Waals surface area contributed by atoms with Crippen LogP contribution in [0.4, 0.5) is 11.4 Å². The van der Waals surface area contributed by atoms with Crippen LogP contribution >= 0.6 is 24.8 Å². The highest BCUT2D eigenvalue weighted by atomic mass is 35.5. The normalized spacial score (nSPS) is 16.4. The van der Waals surface area contributed by atoms with Crippen LogP contribution in [0.15, 0.2) is 36.9 Å². The zero-order valence-corrected chi connectivity index (χ0v) is 17.3. The quantitative estimate of drug-likeness (QED) is 0.628. The van der Waals surface area contributed by atoms with Crippen molar-refractivity contribution in [2.75, 3.05) is 23.7 Å². The van der Waals surface area contributed by atoms with E-state index in [1.807, 2.05) is 0 Å². The van der Waals surface area contributed by atoms with E-state index < -0.39 is 6.04 Å². The molecule has 1 fully saturated rings. The fourth-order valence-electron chi connectivity index (χ4n) is 2.94. The van der Waals surface area contributed by atoms with E-state index in [2.05, 4.69) is 26.0 Å². The topological polar surface area (TPSA) is 101 Å². The van der Waals surface area contributed by atoms with Gasteiger partial charge in [0, 0.05) is 17.8 Å². The summed E-state index contributed by atoms with van der Waals surface area (Å²) in [7, 11) is 0. The number of carbonyl (C=O) groups excluding carboxylic acids is 2. The molecule has 10 heteroatoms. The second-order valence-electron chi connectivity index (χ2n) is 6.56. The molecule has 2 atom stereocenters. The van der Waals surface area contributed by atoms with Crippen molar-refractivity contribution < 1.29 is 9.59 Å². The number of nitrogens with zero attached hydrogens (tertiary/aromatic N) is 3. The number of halogens is 2. The number of benzene rings is 1. The number of amides is 2. The fourth-order valence-corrected chi connectivity index (χ4v) is 2.94. The molecule has 1 aromatic carbocycles. The first-order chi connectivity index (χ1) is 12.6. The maximum absolute atomic E-state index is 12.2. The molecule has 0 bridgehead atoms. The average Bonchev–Trinajstić information content (AvgIpc) is 3.35. The maximum Gasteiger partial charge on any atom is 0.249 e. The Bertz CT molecular complexity index is 733. The smallest absolute Gasteiger partial charge is 0.249 e. The summed E-state index contributed by atoms with van der Waals surface area (Å²) in [5.41, 5.74) is 1.39. The van der Waals surface area contributed by atoms with E-state index in [1.165, 1.54) is 17.3 Å². The van der Waals surface area contributed by atoms with Gasteiger partial charge < -0.3 is 16.0 Å². The third-order valence-corrected chi connectivity index (χ3v) is 4.59. The molecule has 8 nitrogen and oxygen atoms in total. The first-order valence-corrected chi connectivity index (χ1v) is 8.87. The highest BCUT2D eigenvalue weighted by Crippen LogP contribution is 2.17. The van der Waals surface area contributed by atoms with Gasteiger partial charge in [-0.2, -0.15) is 5.10 Å². The molecule has 1 aromatic heterocycles. The van der Waals surface area contributed by atoms with Crippen molar-refractivity contribution in [2.24, 2.45) is 5.92 Å². The molecule has 2 amide bonds. The van der Waals surface area contributed by atoms with Gasteiger partial charge in [0.15, 0.2) is 0 Å². The lowest BCUT2D eigenvalue weighted by molar-refractivity contribution is -0.119. The lowest BCUT2D eigenvalue weighted by Crippen LogP contribution is -2.24. The number of aromatic nitrogens is 3. The van der Waals surface area contributed by atoms with E-state index >= 15 is 0 Å². The molecule has 1 aliphatic heterocycles. The van der Waals surface area contributed by atoms with Gasteiger partial charge in [-0.15, -0.1) is 24.8 Å². The molecule has 1 aliphatic rings. The molecule has 0 radical (unpaired) electrons. The van der Waals surface area contributed by atoms with Gasteiger partial charge in [-0.25, -0.2) is 9.67 Å². The largest absolute Gasteiger partial charge is 0.326 e. The van der Waals surface area contributed by atoms with Crippen molar-refractivity contribution >= 4 is 48.0 Å². The Morgan fingerprint density at radius 1 is 1.21 bits per heavy atom. The summed E-state index contributed by atoms with van der Waals surface area (Å²) in [5.74, 6) is 0.441. The Hall–Kier alpha value is -2.16. The van der Waals surface area contributed by atoms with Crippen LogP contribution in [0, 0.1) is 5.92 Å². The van der Waals surface area contributed by atoms with E-state index in [4.69, 9.17) is 0 Å². The van der Waals surface area contributed by atoms with Crippen LogP contribution in [0.25, 0.3) is 0 Å². The molecule has 2 heterocycles. The Morgan fingerprint density at radius 3 is 2.46 bits per heavy atom. The van der Waals surface area contributed by atoms with Gasteiger partial charge in [0.1, 0.15) is 18.7 Å². The summed E-state index contributed by atoms with van der Waals surface area (Å²) in [6.07, 6.45) is 5.48. The van der Waals surface area contributed by atoms with Crippen LogP contribution in [-0.2, 0) is 9.59 Å². The number of nitrogens with one attached hydrogen (secondary N) is 3. The van der Waals surface area contributed by atoms with E-state index in [1.54, 1.807) is 31.2 Å². The minimum Gasteiger partial charge on any atom is -0.326 e. The highest BCUT2D eigenvalue weighted by Gasteiger charge is 2.16. The maximum atomic E-state index is 12.2. The Morgan fingerprint density at radius 2 is 1.89 bits per heavy atom. The standard InChI is InChI=1S/C18H24N6O2.2ClH/c1-13(24-12-20-11-21-24)18(26)23-16-5-3-15(4-6-16)22-17(25)7-2-14-8-9-19-10-14;;/h3-6,11-14,19H,2,7-10H2,1H3,(H,22,25)(H,23,26);2*1H. The summed E-state index contributed by atoms with van der Waals surface area (Å²) in [4.78, 5) is 28.1. The third kappa shape index (κ3) is 6.78. The van der Waals surface area contributed by atoms with Gasteiger partial charge >= 0.3 is 0 Å². The van der Waals surface area contributed by atoms with Crippen molar-refractivity contribution in [1.29, 1.82) is 0 Å². The summed E-state index contributed by atoms with van der Waals surface area (Å²) in [6, 6.07) is 6.64. The van der Waals surface area contributed by atoms with E-state index in [-0.39, 0.29) is 36.6 Å². The van der Waals surface area contributed by atoms with Gasteiger partial charge in [0.05, 0.1) is 0 Å². The second kappa shape index (κ2) is 11.6. The van der Waals surface area contributed by atoms with Crippen molar-refractivity contribution in [3.8, 4) is 0 Å². The Labute approximate surface area is 176 Å². The van der Waals surface area contributed by atoms with Crippen LogP contribution in [-0.4, -0.2) is 39.7 Å². The number of hydrogen-bond donors (Lipinski definition) is 3. The molecule has 0 spiro atoms. The van der Waals surface area contributed by atoms with Crippen LogP contribution in [0.3, 0.4) is 0 Å². The predicted octanol–water partition coefficient (Wildman–Crippen LogP) is 2.65. The molecule has 0 saturated carbocycles. The summed E-state index contributed by atoms with van der Waals surface area (Å²) >= 11 is 0. The summed E-state index contributed by atoms with van der Waals surface area (Å²) < 4.78 is 1.49. The first-order valence-electron chi connectivity index (χ1n) is 8.87. The van der Waals surface area contributed by atoms with Gasteiger partial charge in [-0.1, -0.05) is 0 Å². The SMILES string of the molecule is CC(C(=O)Nc1ccc(NC(=O)CCC2CCNC2)cc1)n1cncn1.Cl.Cl.